The molecule has 0 atom stereocenters. The number of anilines is 1. The molecule has 0 aliphatic carbocycles. The Morgan fingerprint density at radius 3 is 2.65 bits per heavy atom. The molecule has 0 saturated carbocycles. The molecule has 20 heavy (non-hydrogen) atoms. The molecule has 0 spiro atoms. The highest BCUT2D eigenvalue weighted by Crippen LogP contribution is 2.21. The zero-order valence-corrected chi connectivity index (χ0v) is 12.0. The van der Waals surface area contributed by atoms with Crippen molar-refractivity contribution in [2.45, 2.75) is 18.4 Å². The molecule has 0 radical (unpaired) electrons. The summed E-state index contributed by atoms with van der Waals surface area (Å²) in [5, 5.41) is 0.543. The van der Waals surface area contributed by atoms with Crippen LogP contribution in [0.5, 0.6) is 0 Å². The van der Waals surface area contributed by atoms with E-state index in [-0.39, 0.29) is 6.54 Å². The van der Waals surface area contributed by atoms with Gasteiger partial charge >= 0.3 is 0 Å². The molecule has 5 nitrogen and oxygen atoms in total. The first-order chi connectivity index (χ1) is 9.29. The van der Waals surface area contributed by atoms with Gasteiger partial charge < -0.3 is 5.73 Å². The zero-order chi connectivity index (χ0) is 14.9. The predicted molar refractivity (Wildman–Crippen MR) is 71.6 cm³/mol. The van der Waals surface area contributed by atoms with E-state index in [2.05, 4.69) is 9.71 Å². The molecule has 3 N–H and O–H groups in total. The molecule has 1 aromatic carbocycles. The van der Waals surface area contributed by atoms with Crippen molar-refractivity contribution in [1.82, 2.24) is 9.71 Å². The van der Waals surface area contributed by atoms with Crippen molar-refractivity contribution < 1.29 is 17.2 Å². The maximum absolute atomic E-state index is 13.5. The molecule has 9 heteroatoms. The van der Waals surface area contributed by atoms with Gasteiger partial charge in [-0.1, -0.05) is 0 Å². The minimum absolute atomic E-state index is 0.0719. The summed E-state index contributed by atoms with van der Waals surface area (Å²) in [6.07, 6.45) is 1.60. The average Bonchev–Trinajstić information content (AvgIpc) is 2.77. The van der Waals surface area contributed by atoms with Crippen molar-refractivity contribution in [2.24, 2.45) is 0 Å². The van der Waals surface area contributed by atoms with E-state index in [4.69, 9.17) is 5.73 Å². The van der Waals surface area contributed by atoms with Crippen LogP contribution in [-0.2, 0) is 16.6 Å². The van der Waals surface area contributed by atoms with Crippen molar-refractivity contribution >= 4 is 27.0 Å². The van der Waals surface area contributed by atoms with Gasteiger partial charge in [0.1, 0.15) is 21.5 Å². The third-order valence-corrected chi connectivity index (χ3v) is 4.75. The Balaban J connectivity index is 2.24. The van der Waals surface area contributed by atoms with E-state index < -0.39 is 32.2 Å². The topological polar surface area (TPSA) is 85.1 Å². The molecule has 2 aromatic rings. The number of benzene rings is 1. The number of hydrogen-bond donors (Lipinski definition) is 2. The van der Waals surface area contributed by atoms with Crippen LogP contribution >= 0.6 is 11.3 Å². The first kappa shape index (κ1) is 14.8. The van der Waals surface area contributed by atoms with Crippen LogP contribution in [0.2, 0.25) is 0 Å². The summed E-state index contributed by atoms with van der Waals surface area (Å²) in [5.41, 5.74) is 4.82. The van der Waals surface area contributed by atoms with Gasteiger partial charge in [0, 0.05) is 17.1 Å². The molecular weight excluding hydrogens is 308 g/mol. The lowest BCUT2D eigenvalue weighted by Crippen LogP contribution is -2.24. The fraction of sp³-hybridized carbons (Fsp3) is 0.182. The van der Waals surface area contributed by atoms with Gasteiger partial charge in [-0.05, 0) is 13.0 Å². The van der Waals surface area contributed by atoms with Crippen LogP contribution in [0.25, 0.3) is 0 Å². The van der Waals surface area contributed by atoms with E-state index in [1.54, 1.807) is 6.20 Å². The van der Waals surface area contributed by atoms with Crippen molar-refractivity contribution in [3.05, 3.63) is 39.8 Å². The van der Waals surface area contributed by atoms with Crippen LogP contribution in [0.15, 0.2) is 23.2 Å². The Morgan fingerprint density at radius 1 is 1.35 bits per heavy atom. The van der Waals surface area contributed by atoms with Gasteiger partial charge in [-0.2, -0.15) is 0 Å². The summed E-state index contributed by atoms with van der Waals surface area (Å²) in [5.74, 6) is -2.20. The van der Waals surface area contributed by atoms with E-state index in [1.165, 1.54) is 11.3 Å². The Kier molecular flexibility index (Phi) is 4.02. The van der Waals surface area contributed by atoms with Crippen molar-refractivity contribution in [3.63, 3.8) is 0 Å². The summed E-state index contributed by atoms with van der Waals surface area (Å²) in [6.45, 7) is 1.76. The van der Waals surface area contributed by atoms with Crippen LogP contribution in [0.1, 0.15) is 9.88 Å². The molecular formula is C11H11F2N3O2S2. The summed E-state index contributed by atoms with van der Waals surface area (Å²) < 4.78 is 52.6. The summed E-state index contributed by atoms with van der Waals surface area (Å²) in [7, 11) is -4.12. The molecule has 0 saturated heterocycles. The summed E-state index contributed by atoms with van der Waals surface area (Å²) in [6, 6.07) is 1.19. The number of thiazole rings is 1. The van der Waals surface area contributed by atoms with Gasteiger partial charge in [0.15, 0.2) is 0 Å². The molecule has 1 heterocycles. The highest BCUT2D eigenvalue weighted by molar-refractivity contribution is 7.89. The van der Waals surface area contributed by atoms with Gasteiger partial charge in [0.25, 0.3) is 0 Å². The van der Waals surface area contributed by atoms with Gasteiger partial charge in [-0.25, -0.2) is 26.9 Å². The SMILES string of the molecule is Cc1cnc(CNS(=O)(=O)c2cc(N)c(F)cc2F)s1. The zero-order valence-electron chi connectivity index (χ0n) is 10.4. The lowest BCUT2D eigenvalue weighted by molar-refractivity contribution is 0.544. The van der Waals surface area contributed by atoms with Crippen LogP contribution in [0, 0.1) is 18.6 Å². The summed E-state index contributed by atoms with van der Waals surface area (Å²) in [4.78, 5) is 4.22. The maximum Gasteiger partial charge on any atom is 0.243 e. The number of hydrogen-bond acceptors (Lipinski definition) is 5. The Bertz CT molecular complexity index is 744. The predicted octanol–water partition coefficient (Wildman–Crippen LogP) is 1.79. The number of nitrogens with two attached hydrogens (primary N) is 1. The Labute approximate surface area is 118 Å². The number of sulfonamides is 1. The molecule has 0 amide bonds. The first-order valence-electron chi connectivity index (χ1n) is 5.45. The smallest absolute Gasteiger partial charge is 0.243 e. The van der Waals surface area contributed by atoms with Gasteiger partial charge in [-0.3, -0.25) is 0 Å². The molecule has 0 aliphatic heterocycles. The molecule has 0 fully saturated rings. The highest BCUT2D eigenvalue weighted by atomic mass is 32.2. The molecule has 0 bridgehead atoms. The minimum Gasteiger partial charge on any atom is -0.396 e. The highest BCUT2D eigenvalue weighted by Gasteiger charge is 2.21. The molecule has 0 unspecified atom stereocenters. The lowest BCUT2D eigenvalue weighted by Gasteiger charge is -2.07. The molecule has 2 rings (SSSR count). The molecule has 108 valence electrons. The van der Waals surface area contributed by atoms with Gasteiger partial charge in [0.2, 0.25) is 10.0 Å². The van der Waals surface area contributed by atoms with Crippen LogP contribution in [0.4, 0.5) is 14.5 Å². The second-order valence-corrected chi connectivity index (χ2v) is 7.05. The monoisotopic (exact) mass is 319 g/mol. The number of nitrogens with zero attached hydrogens (tertiary/aromatic N) is 1. The fourth-order valence-electron chi connectivity index (χ4n) is 1.47. The standard InChI is InChI=1S/C11H11F2N3O2S2/c1-6-4-15-11(19-6)5-16-20(17,18)10-3-9(14)7(12)2-8(10)13/h2-4,16H,5,14H2,1H3. The van der Waals surface area contributed by atoms with Gasteiger partial charge in [-0.15, -0.1) is 11.3 Å². The second kappa shape index (κ2) is 5.43. The van der Waals surface area contributed by atoms with E-state index in [0.29, 0.717) is 11.1 Å². The van der Waals surface area contributed by atoms with Crippen molar-refractivity contribution in [1.29, 1.82) is 0 Å². The van der Waals surface area contributed by atoms with E-state index in [1.807, 2.05) is 6.92 Å². The summed E-state index contributed by atoms with van der Waals surface area (Å²) >= 11 is 1.32. The number of aromatic nitrogens is 1. The second-order valence-electron chi connectivity index (χ2n) is 3.99. The van der Waals surface area contributed by atoms with Gasteiger partial charge in [0.05, 0.1) is 12.2 Å². The van der Waals surface area contributed by atoms with Crippen molar-refractivity contribution in [2.75, 3.05) is 5.73 Å². The van der Waals surface area contributed by atoms with Crippen LogP contribution in [-0.4, -0.2) is 13.4 Å². The van der Waals surface area contributed by atoms with Crippen molar-refractivity contribution in [3.8, 4) is 0 Å². The third-order valence-electron chi connectivity index (χ3n) is 2.42. The molecule has 0 aliphatic rings. The van der Waals surface area contributed by atoms with Crippen LogP contribution in [0.3, 0.4) is 0 Å². The number of nitrogen functional groups attached to an aromatic ring is 1. The largest absolute Gasteiger partial charge is 0.396 e. The minimum atomic E-state index is -4.12. The lowest BCUT2D eigenvalue weighted by atomic mass is 10.3. The van der Waals surface area contributed by atoms with E-state index >= 15 is 0 Å². The normalized spacial score (nSPS) is 11.8. The quantitative estimate of drug-likeness (QED) is 0.841. The number of rotatable bonds is 4. The van der Waals surface area contributed by atoms with E-state index in [9.17, 15) is 17.2 Å². The Hall–Kier alpha value is -1.58. The Morgan fingerprint density at radius 2 is 2.05 bits per heavy atom. The first-order valence-corrected chi connectivity index (χ1v) is 7.75. The van der Waals surface area contributed by atoms with Crippen LogP contribution < -0.4 is 10.5 Å². The number of halogens is 2. The third kappa shape index (κ3) is 3.11. The molecule has 1 aromatic heterocycles. The maximum atomic E-state index is 13.5. The number of nitrogens with one attached hydrogen (secondary N) is 1. The number of aryl methyl sites for hydroxylation is 1. The average molecular weight is 319 g/mol. The fourth-order valence-corrected chi connectivity index (χ4v) is 3.37. The van der Waals surface area contributed by atoms with E-state index in [0.717, 1.165) is 10.9 Å².